The van der Waals surface area contributed by atoms with Crippen LogP contribution < -0.4 is 4.43 Å². The summed E-state index contributed by atoms with van der Waals surface area (Å²) >= 11 is 0. The third kappa shape index (κ3) is 4.79. The first-order valence-corrected chi connectivity index (χ1v) is 7.42. The van der Waals surface area contributed by atoms with E-state index in [1.54, 1.807) is 7.11 Å². The van der Waals surface area contributed by atoms with Gasteiger partial charge in [0.25, 0.3) is 0 Å². The molecule has 0 spiro atoms. The number of ether oxygens (including phenoxy) is 1. The Morgan fingerprint density at radius 2 is 1.94 bits per heavy atom. The maximum Gasteiger partial charge on any atom is 0.384 e. The second kappa shape index (κ2) is 7.43. The van der Waals surface area contributed by atoms with E-state index in [4.69, 9.17) is 13.6 Å². The number of hydrogen-bond donors (Lipinski definition) is 0. The maximum absolute atomic E-state index is 5.86. The Morgan fingerprint density at radius 1 is 1.25 bits per heavy atom. The van der Waals surface area contributed by atoms with Gasteiger partial charge in [-0.15, -0.1) is 0 Å². The van der Waals surface area contributed by atoms with Gasteiger partial charge in [0.05, 0.1) is 0 Å². The standard InChI is InChI=1S/C12H20O3Si/c1-4-10-16(14-11(2)13-3)15-12-8-6-5-7-9-12/h5-9,11,16H,4,10H2,1-3H3. The first-order chi connectivity index (χ1) is 7.76. The molecular weight excluding hydrogens is 220 g/mol. The molecule has 4 heteroatoms. The summed E-state index contributed by atoms with van der Waals surface area (Å²) in [5.74, 6) is 0.885. The van der Waals surface area contributed by atoms with Gasteiger partial charge in [0, 0.05) is 7.11 Å². The zero-order chi connectivity index (χ0) is 11.8. The summed E-state index contributed by atoms with van der Waals surface area (Å²) in [5, 5.41) is 0. The quantitative estimate of drug-likeness (QED) is 0.542. The Bertz CT molecular complexity index is 279. The second-order valence-corrected chi connectivity index (χ2v) is 5.53. The van der Waals surface area contributed by atoms with Crippen molar-refractivity contribution < 1.29 is 13.6 Å². The summed E-state index contributed by atoms with van der Waals surface area (Å²) in [6, 6.07) is 10.8. The van der Waals surface area contributed by atoms with Crippen molar-refractivity contribution in [3.63, 3.8) is 0 Å². The third-order valence-corrected chi connectivity index (χ3v) is 4.48. The summed E-state index contributed by atoms with van der Waals surface area (Å²) in [7, 11) is -0.0175. The van der Waals surface area contributed by atoms with Gasteiger partial charge >= 0.3 is 9.28 Å². The lowest BCUT2D eigenvalue weighted by molar-refractivity contribution is -0.0496. The number of rotatable bonds is 7. The van der Waals surface area contributed by atoms with Crippen molar-refractivity contribution in [2.24, 2.45) is 0 Å². The molecule has 0 bridgehead atoms. The molecule has 0 N–H and O–H groups in total. The predicted octanol–water partition coefficient (Wildman–Crippen LogP) is 2.70. The van der Waals surface area contributed by atoms with Gasteiger partial charge in [0.2, 0.25) is 0 Å². The molecule has 0 aliphatic carbocycles. The Morgan fingerprint density at radius 3 is 2.50 bits per heavy atom. The molecule has 0 saturated heterocycles. The molecular formula is C12H20O3Si. The van der Waals surface area contributed by atoms with E-state index < -0.39 is 9.28 Å². The zero-order valence-corrected chi connectivity index (χ0v) is 11.3. The summed E-state index contributed by atoms with van der Waals surface area (Å²) in [4.78, 5) is 0. The van der Waals surface area contributed by atoms with Gasteiger partial charge in [0.1, 0.15) is 12.0 Å². The summed E-state index contributed by atoms with van der Waals surface area (Å²) in [5.41, 5.74) is 0. The van der Waals surface area contributed by atoms with Crippen LogP contribution in [0.2, 0.25) is 6.04 Å². The second-order valence-electron chi connectivity index (χ2n) is 3.59. The molecule has 16 heavy (non-hydrogen) atoms. The van der Waals surface area contributed by atoms with Crippen LogP contribution in [-0.2, 0) is 9.16 Å². The molecule has 0 aliphatic heterocycles. The lowest BCUT2D eigenvalue weighted by atomic mass is 10.3. The maximum atomic E-state index is 5.86. The number of hydrogen-bond acceptors (Lipinski definition) is 3. The first-order valence-electron chi connectivity index (χ1n) is 5.66. The number of methoxy groups -OCH3 is 1. The SMILES string of the molecule is CCC[SiH](Oc1ccccc1)OC(C)OC. The van der Waals surface area contributed by atoms with Gasteiger partial charge < -0.3 is 13.6 Å². The van der Waals surface area contributed by atoms with Crippen molar-refractivity contribution in [2.45, 2.75) is 32.6 Å². The highest BCUT2D eigenvalue weighted by molar-refractivity contribution is 6.45. The molecule has 0 saturated carbocycles. The van der Waals surface area contributed by atoms with Crippen molar-refractivity contribution >= 4 is 9.28 Å². The molecule has 3 nitrogen and oxygen atoms in total. The van der Waals surface area contributed by atoms with Crippen LogP contribution >= 0.6 is 0 Å². The fourth-order valence-electron chi connectivity index (χ4n) is 1.31. The van der Waals surface area contributed by atoms with E-state index in [9.17, 15) is 0 Å². The molecule has 1 rings (SSSR count). The van der Waals surface area contributed by atoms with Crippen molar-refractivity contribution in [3.05, 3.63) is 30.3 Å². The topological polar surface area (TPSA) is 27.7 Å². The Kier molecular flexibility index (Phi) is 6.14. The van der Waals surface area contributed by atoms with E-state index in [0.717, 1.165) is 18.2 Å². The van der Waals surface area contributed by atoms with Crippen LogP contribution in [0.4, 0.5) is 0 Å². The zero-order valence-electron chi connectivity index (χ0n) is 10.2. The molecule has 0 amide bonds. The largest absolute Gasteiger partial charge is 0.522 e. The summed E-state index contributed by atoms with van der Waals surface area (Å²) < 4.78 is 16.7. The Hall–Kier alpha value is -0.843. The van der Waals surface area contributed by atoms with E-state index in [0.29, 0.717) is 0 Å². The molecule has 0 radical (unpaired) electrons. The fourth-order valence-corrected chi connectivity index (χ4v) is 3.09. The van der Waals surface area contributed by atoms with Crippen molar-refractivity contribution in [1.29, 1.82) is 0 Å². The molecule has 90 valence electrons. The van der Waals surface area contributed by atoms with Crippen molar-refractivity contribution in [3.8, 4) is 5.75 Å². The van der Waals surface area contributed by atoms with Gasteiger partial charge in [-0.05, 0) is 25.1 Å². The highest BCUT2D eigenvalue weighted by Gasteiger charge is 2.17. The monoisotopic (exact) mass is 240 g/mol. The minimum Gasteiger partial charge on any atom is -0.522 e. The number of para-hydroxylation sites is 1. The van der Waals surface area contributed by atoms with Gasteiger partial charge in [-0.1, -0.05) is 31.5 Å². The minimum absolute atomic E-state index is 0.188. The minimum atomic E-state index is -1.66. The summed E-state index contributed by atoms with van der Waals surface area (Å²) in [6.07, 6.45) is 0.882. The normalized spacial score (nSPS) is 14.4. The van der Waals surface area contributed by atoms with E-state index in [1.165, 1.54) is 0 Å². The molecule has 0 fully saturated rings. The van der Waals surface area contributed by atoms with E-state index in [2.05, 4.69) is 6.92 Å². The fraction of sp³-hybridized carbons (Fsp3) is 0.500. The highest BCUT2D eigenvalue weighted by atomic mass is 28.3. The van der Waals surface area contributed by atoms with Crippen LogP contribution in [0.25, 0.3) is 0 Å². The van der Waals surface area contributed by atoms with Crippen LogP contribution in [-0.4, -0.2) is 22.7 Å². The molecule has 0 aromatic heterocycles. The number of benzene rings is 1. The van der Waals surface area contributed by atoms with Crippen LogP contribution in [0, 0.1) is 0 Å². The van der Waals surface area contributed by atoms with Gasteiger partial charge in [-0.2, -0.15) is 0 Å². The molecule has 2 unspecified atom stereocenters. The van der Waals surface area contributed by atoms with Gasteiger partial charge in [-0.25, -0.2) is 0 Å². The molecule has 2 atom stereocenters. The summed E-state index contributed by atoms with van der Waals surface area (Å²) in [6.45, 7) is 4.03. The lowest BCUT2D eigenvalue weighted by Crippen LogP contribution is -2.31. The van der Waals surface area contributed by atoms with E-state index >= 15 is 0 Å². The predicted molar refractivity (Wildman–Crippen MR) is 66.9 cm³/mol. The Labute approximate surface area is 99.2 Å². The van der Waals surface area contributed by atoms with Crippen molar-refractivity contribution in [1.82, 2.24) is 0 Å². The van der Waals surface area contributed by atoms with E-state index in [1.807, 2.05) is 37.3 Å². The molecule has 0 aliphatic rings. The smallest absolute Gasteiger partial charge is 0.384 e. The van der Waals surface area contributed by atoms with Gasteiger partial charge in [0.15, 0.2) is 0 Å². The first kappa shape index (κ1) is 13.2. The average molecular weight is 240 g/mol. The average Bonchev–Trinajstić information content (AvgIpc) is 2.30. The Balaban J connectivity index is 2.50. The van der Waals surface area contributed by atoms with Crippen LogP contribution in [0.3, 0.4) is 0 Å². The van der Waals surface area contributed by atoms with Crippen LogP contribution in [0.5, 0.6) is 5.75 Å². The van der Waals surface area contributed by atoms with Crippen molar-refractivity contribution in [2.75, 3.05) is 7.11 Å². The third-order valence-electron chi connectivity index (χ3n) is 2.21. The molecule has 1 aromatic rings. The van der Waals surface area contributed by atoms with Crippen LogP contribution in [0.1, 0.15) is 20.3 Å². The van der Waals surface area contributed by atoms with Crippen LogP contribution in [0.15, 0.2) is 30.3 Å². The van der Waals surface area contributed by atoms with Gasteiger partial charge in [-0.3, -0.25) is 0 Å². The molecule has 0 heterocycles. The lowest BCUT2D eigenvalue weighted by Gasteiger charge is -2.20. The van der Waals surface area contributed by atoms with E-state index in [-0.39, 0.29) is 6.29 Å². The highest BCUT2D eigenvalue weighted by Crippen LogP contribution is 2.13. The molecule has 1 aromatic carbocycles.